The lowest BCUT2D eigenvalue weighted by Gasteiger charge is -2.48. The highest BCUT2D eigenvalue weighted by Gasteiger charge is 2.58. The van der Waals surface area contributed by atoms with Gasteiger partial charge in [-0.25, -0.2) is 0 Å². The number of allylic oxidation sites excluding steroid dienone is 3. The van der Waals surface area contributed by atoms with Crippen LogP contribution in [-0.2, 0) is 9.53 Å². The zero-order valence-electron chi connectivity index (χ0n) is 20.0. The van der Waals surface area contributed by atoms with Crippen molar-refractivity contribution in [1.82, 2.24) is 5.32 Å². The lowest BCUT2D eigenvalue weighted by molar-refractivity contribution is -0.116. The van der Waals surface area contributed by atoms with E-state index in [-0.39, 0.29) is 11.0 Å². The van der Waals surface area contributed by atoms with Crippen molar-refractivity contribution in [2.24, 2.45) is 35.0 Å². The fourth-order valence-electron chi connectivity index (χ4n) is 9.13. The number of hydrogen-bond donors (Lipinski definition) is 1. The predicted molar refractivity (Wildman–Crippen MR) is 124 cm³/mol. The first-order valence-corrected chi connectivity index (χ1v) is 13.1. The molecule has 1 N–H and O–H groups in total. The molecule has 31 heavy (non-hydrogen) atoms. The summed E-state index contributed by atoms with van der Waals surface area (Å²) in [6, 6.07) is 0.542. The lowest BCUT2D eigenvalue weighted by Crippen LogP contribution is -2.48. The SMILES string of the molecule is CC1=C2C[C@H]3C(CCC4=CC(=O)CC[C@@]43C)[C@@H]2CC[C@@]2(C1)OC1C[C@H](C)CN[C@H]1C2C. The van der Waals surface area contributed by atoms with Crippen LogP contribution in [-0.4, -0.2) is 30.1 Å². The number of ether oxygens (including phenoxy) is 1. The molecule has 0 amide bonds. The maximum Gasteiger partial charge on any atom is 0.155 e. The van der Waals surface area contributed by atoms with E-state index in [1.807, 2.05) is 6.08 Å². The van der Waals surface area contributed by atoms with Gasteiger partial charge >= 0.3 is 0 Å². The van der Waals surface area contributed by atoms with Crippen LogP contribution in [0.3, 0.4) is 0 Å². The standard InChI is InChI=1S/C28H41NO2/c1-16-11-25-26(29-15-16)18(3)28(31-25)10-8-21-22-6-5-19-12-20(30)7-9-27(19,4)24(22)13-23(21)17(2)14-28/h12,16,18,21-22,24-26,29H,5-11,13-15H2,1-4H3/t16-,18?,21-,22?,24-,25?,26-,27-,28-/m0/s1. The Kier molecular flexibility index (Phi) is 4.69. The predicted octanol–water partition coefficient (Wildman–Crippen LogP) is 5.60. The number of nitrogens with one attached hydrogen (secondary N) is 1. The molecule has 4 aliphatic carbocycles. The van der Waals surface area contributed by atoms with Crippen molar-refractivity contribution in [3.05, 3.63) is 22.8 Å². The molecule has 3 heteroatoms. The van der Waals surface area contributed by atoms with E-state index in [2.05, 4.69) is 33.0 Å². The summed E-state index contributed by atoms with van der Waals surface area (Å²) in [6.45, 7) is 10.9. The Morgan fingerprint density at radius 2 is 2.00 bits per heavy atom. The maximum absolute atomic E-state index is 12.1. The van der Waals surface area contributed by atoms with Gasteiger partial charge in [0.05, 0.1) is 11.7 Å². The second-order valence-corrected chi connectivity index (χ2v) is 12.5. The van der Waals surface area contributed by atoms with E-state index in [9.17, 15) is 4.79 Å². The van der Waals surface area contributed by atoms with Crippen molar-refractivity contribution in [2.75, 3.05) is 6.54 Å². The van der Waals surface area contributed by atoms with Gasteiger partial charge in [-0.2, -0.15) is 0 Å². The molecule has 0 bridgehead atoms. The summed E-state index contributed by atoms with van der Waals surface area (Å²) in [5.74, 6) is 4.00. The molecule has 6 rings (SSSR count). The summed E-state index contributed by atoms with van der Waals surface area (Å²) in [7, 11) is 0. The van der Waals surface area contributed by atoms with Gasteiger partial charge in [0.1, 0.15) is 0 Å². The third kappa shape index (κ3) is 2.94. The molecule has 9 atom stereocenters. The van der Waals surface area contributed by atoms with Gasteiger partial charge in [0, 0.05) is 18.4 Å². The molecule has 2 heterocycles. The van der Waals surface area contributed by atoms with Gasteiger partial charge in [-0.05, 0) is 100.0 Å². The van der Waals surface area contributed by atoms with Crippen molar-refractivity contribution >= 4 is 5.78 Å². The first-order chi connectivity index (χ1) is 14.8. The molecule has 4 fully saturated rings. The molecule has 0 aromatic carbocycles. The van der Waals surface area contributed by atoms with Gasteiger partial charge in [0.25, 0.3) is 0 Å². The van der Waals surface area contributed by atoms with Crippen LogP contribution < -0.4 is 5.32 Å². The number of hydrogen-bond acceptors (Lipinski definition) is 3. The highest BCUT2D eigenvalue weighted by molar-refractivity contribution is 5.91. The van der Waals surface area contributed by atoms with Crippen LogP contribution in [0.25, 0.3) is 0 Å². The summed E-state index contributed by atoms with van der Waals surface area (Å²) in [6.07, 6.45) is 12.9. The van der Waals surface area contributed by atoms with E-state index in [0.717, 1.165) is 55.9 Å². The second kappa shape index (κ2) is 7.03. The number of piperidine rings is 1. The number of carbonyl (C=O) groups excluding carboxylic acids is 1. The number of carbonyl (C=O) groups is 1. The summed E-state index contributed by atoms with van der Waals surface area (Å²) < 4.78 is 7.00. The minimum Gasteiger partial charge on any atom is -0.369 e. The Morgan fingerprint density at radius 1 is 1.16 bits per heavy atom. The van der Waals surface area contributed by atoms with E-state index >= 15 is 0 Å². The Bertz CT molecular complexity index is 857. The second-order valence-electron chi connectivity index (χ2n) is 12.5. The monoisotopic (exact) mass is 423 g/mol. The zero-order valence-corrected chi connectivity index (χ0v) is 20.0. The third-order valence-corrected chi connectivity index (χ3v) is 10.9. The van der Waals surface area contributed by atoms with Crippen LogP contribution >= 0.6 is 0 Å². The smallest absolute Gasteiger partial charge is 0.155 e. The molecule has 2 aliphatic heterocycles. The zero-order chi connectivity index (χ0) is 21.5. The highest BCUT2D eigenvalue weighted by Crippen LogP contribution is 2.64. The normalized spacial score (nSPS) is 51.7. The molecule has 3 nitrogen and oxygen atoms in total. The third-order valence-electron chi connectivity index (χ3n) is 10.9. The average Bonchev–Trinajstić information content (AvgIpc) is 3.19. The van der Waals surface area contributed by atoms with Crippen molar-refractivity contribution in [3.63, 3.8) is 0 Å². The van der Waals surface area contributed by atoms with Crippen molar-refractivity contribution in [2.45, 2.75) is 103 Å². The van der Waals surface area contributed by atoms with E-state index in [1.54, 1.807) is 11.1 Å². The Balaban J connectivity index is 1.30. The van der Waals surface area contributed by atoms with Gasteiger partial charge in [0.15, 0.2) is 5.78 Å². The van der Waals surface area contributed by atoms with Crippen LogP contribution in [0, 0.1) is 35.0 Å². The minimum atomic E-state index is 0.0458. The molecular weight excluding hydrogens is 382 g/mol. The van der Waals surface area contributed by atoms with Crippen LogP contribution in [0.1, 0.15) is 85.5 Å². The molecule has 1 spiro atoms. The lowest BCUT2D eigenvalue weighted by atomic mass is 9.56. The summed E-state index contributed by atoms with van der Waals surface area (Å²) >= 11 is 0. The molecule has 3 unspecified atom stereocenters. The van der Waals surface area contributed by atoms with E-state index in [1.165, 1.54) is 37.7 Å². The largest absolute Gasteiger partial charge is 0.369 e. The van der Waals surface area contributed by atoms with Crippen LogP contribution in [0.15, 0.2) is 22.8 Å². The van der Waals surface area contributed by atoms with Gasteiger partial charge in [-0.3, -0.25) is 4.79 Å². The average molecular weight is 424 g/mol. The van der Waals surface area contributed by atoms with E-state index < -0.39 is 0 Å². The molecular formula is C28H41NO2. The molecule has 6 aliphatic rings. The number of rotatable bonds is 0. The summed E-state index contributed by atoms with van der Waals surface area (Å²) in [5.41, 5.74) is 5.23. The first kappa shape index (κ1) is 20.7. The van der Waals surface area contributed by atoms with Gasteiger partial charge in [0.2, 0.25) is 0 Å². The molecule has 2 saturated carbocycles. The van der Waals surface area contributed by atoms with Crippen LogP contribution in [0.2, 0.25) is 0 Å². The first-order valence-electron chi connectivity index (χ1n) is 13.1. The van der Waals surface area contributed by atoms with E-state index in [4.69, 9.17) is 4.74 Å². The topological polar surface area (TPSA) is 38.3 Å². The van der Waals surface area contributed by atoms with Crippen LogP contribution in [0.5, 0.6) is 0 Å². The molecule has 2 saturated heterocycles. The fraction of sp³-hybridized carbons (Fsp3) is 0.821. The molecule has 0 radical (unpaired) electrons. The van der Waals surface area contributed by atoms with Gasteiger partial charge in [-0.1, -0.05) is 37.5 Å². The number of ketones is 1. The quantitative estimate of drug-likeness (QED) is 0.515. The Morgan fingerprint density at radius 3 is 2.84 bits per heavy atom. The molecule has 170 valence electrons. The summed E-state index contributed by atoms with van der Waals surface area (Å²) in [4.78, 5) is 12.1. The highest BCUT2D eigenvalue weighted by atomic mass is 16.5. The van der Waals surface area contributed by atoms with Crippen molar-refractivity contribution in [3.8, 4) is 0 Å². The number of fused-ring (bicyclic) bond motifs is 6. The van der Waals surface area contributed by atoms with Crippen LogP contribution in [0.4, 0.5) is 0 Å². The molecule has 0 aromatic heterocycles. The summed E-state index contributed by atoms with van der Waals surface area (Å²) in [5, 5.41) is 3.85. The maximum atomic E-state index is 12.1. The van der Waals surface area contributed by atoms with Gasteiger partial charge in [-0.15, -0.1) is 0 Å². The Labute approximate surface area is 188 Å². The fourth-order valence-corrected chi connectivity index (χ4v) is 9.13. The molecule has 0 aromatic rings. The Hall–Kier alpha value is -0.930. The van der Waals surface area contributed by atoms with Crippen molar-refractivity contribution in [1.29, 1.82) is 0 Å². The minimum absolute atomic E-state index is 0.0458. The van der Waals surface area contributed by atoms with E-state index in [0.29, 0.717) is 23.8 Å². The van der Waals surface area contributed by atoms with Crippen molar-refractivity contribution < 1.29 is 9.53 Å². The van der Waals surface area contributed by atoms with Gasteiger partial charge < -0.3 is 10.1 Å².